The van der Waals surface area contributed by atoms with E-state index >= 15 is 0 Å². The van der Waals surface area contributed by atoms with Gasteiger partial charge < -0.3 is 14.2 Å². The third-order valence-corrected chi connectivity index (χ3v) is 14.8. The van der Waals surface area contributed by atoms with Crippen LogP contribution in [0.5, 0.6) is 0 Å². The average Bonchev–Trinajstić information content (AvgIpc) is 3.41. The van der Waals surface area contributed by atoms with Crippen molar-refractivity contribution < 1.29 is 28.6 Å². The van der Waals surface area contributed by atoms with Gasteiger partial charge in [0.15, 0.2) is 6.10 Å². The molecule has 0 aromatic rings. The molecule has 438 valence electrons. The first-order valence-electron chi connectivity index (χ1n) is 33.1. The molecule has 0 N–H and O–H groups in total. The van der Waals surface area contributed by atoms with Crippen molar-refractivity contribution in [1.29, 1.82) is 0 Å². The van der Waals surface area contributed by atoms with Crippen LogP contribution < -0.4 is 0 Å². The molecule has 0 spiro atoms. The highest BCUT2D eigenvalue weighted by Crippen LogP contribution is 2.18. The lowest BCUT2D eigenvalue weighted by atomic mass is 10.0. The van der Waals surface area contributed by atoms with Gasteiger partial charge in [0.2, 0.25) is 0 Å². The maximum atomic E-state index is 12.9. The largest absolute Gasteiger partial charge is 0.462 e. The van der Waals surface area contributed by atoms with Crippen molar-refractivity contribution in [2.24, 2.45) is 0 Å². The molecule has 0 aliphatic rings. The number of esters is 3. The molecular formula is C69H126O6. The molecule has 6 heteroatoms. The first kappa shape index (κ1) is 72.4. The zero-order valence-corrected chi connectivity index (χ0v) is 50.3. The number of allylic oxidation sites excluding steroid dienone is 8. The summed E-state index contributed by atoms with van der Waals surface area (Å²) in [6.07, 6.45) is 80.1. The van der Waals surface area contributed by atoms with E-state index in [2.05, 4.69) is 69.4 Å². The number of unbranched alkanes of at least 4 members (excludes halogenated alkanes) is 42. The van der Waals surface area contributed by atoms with Gasteiger partial charge in [0.1, 0.15) is 13.2 Å². The molecule has 0 amide bonds. The number of ether oxygens (including phenoxy) is 3. The maximum absolute atomic E-state index is 12.9. The summed E-state index contributed by atoms with van der Waals surface area (Å²) in [7, 11) is 0. The maximum Gasteiger partial charge on any atom is 0.306 e. The van der Waals surface area contributed by atoms with Crippen molar-refractivity contribution in [2.45, 2.75) is 361 Å². The molecule has 0 aromatic carbocycles. The quantitative estimate of drug-likeness (QED) is 0.0261. The van der Waals surface area contributed by atoms with Crippen LogP contribution in [-0.4, -0.2) is 37.2 Å². The molecule has 1 unspecified atom stereocenters. The Morgan fingerprint density at radius 2 is 0.520 bits per heavy atom. The summed E-state index contributed by atoms with van der Waals surface area (Å²) in [5.41, 5.74) is 0. The lowest BCUT2D eigenvalue weighted by Crippen LogP contribution is -2.30. The first-order valence-corrected chi connectivity index (χ1v) is 33.1. The molecular weight excluding hydrogens is 925 g/mol. The lowest BCUT2D eigenvalue weighted by molar-refractivity contribution is -0.167. The highest BCUT2D eigenvalue weighted by Gasteiger charge is 2.19. The molecule has 0 heterocycles. The highest BCUT2D eigenvalue weighted by atomic mass is 16.6. The Balaban J connectivity index is 4.12. The van der Waals surface area contributed by atoms with Crippen LogP contribution in [0.1, 0.15) is 355 Å². The summed E-state index contributed by atoms with van der Waals surface area (Å²) in [4.78, 5) is 38.2. The second-order valence-corrected chi connectivity index (χ2v) is 22.4. The van der Waals surface area contributed by atoms with Crippen LogP contribution in [0.3, 0.4) is 0 Å². The zero-order valence-electron chi connectivity index (χ0n) is 50.3. The predicted molar refractivity (Wildman–Crippen MR) is 325 cm³/mol. The number of carbonyl (C=O) groups excluding carboxylic acids is 3. The van der Waals surface area contributed by atoms with Gasteiger partial charge in [-0.1, -0.05) is 313 Å². The molecule has 0 saturated heterocycles. The summed E-state index contributed by atoms with van der Waals surface area (Å²) in [6, 6.07) is 0. The zero-order chi connectivity index (χ0) is 54.3. The van der Waals surface area contributed by atoms with Gasteiger partial charge in [0.05, 0.1) is 0 Å². The van der Waals surface area contributed by atoms with Gasteiger partial charge >= 0.3 is 17.9 Å². The Morgan fingerprint density at radius 1 is 0.267 bits per heavy atom. The van der Waals surface area contributed by atoms with Gasteiger partial charge in [-0.2, -0.15) is 0 Å². The fourth-order valence-corrected chi connectivity index (χ4v) is 9.80. The summed E-state index contributed by atoms with van der Waals surface area (Å²) in [5, 5.41) is 0. The third-order valence-electron chi connectivity index (χ3n) is 14.8. The number of hydrogen-bond donors (Lipinski definition) is 0. The Morgan fingerprint density at radius 3 is 0.827 bits per heavy atom. The van der Waals surface area contributed by atoms with Crippen LogP contribution in [0.2, 0.25) is 0 Å². The molecule has 0 fully saturated rings. The van der Waals surface area contributed by atoms with Crippen molar-refractivity contribution in [1.82, 2.24) is 0 Å². The van der Waals surface area contributed by atoms with Gasteiger partial charge in [-0.05, 0) is 70.6 Å². The number of rotatable bonds is 61. The topological polar surface area (TPSA) is 78.9 Å². The molecule has 0 bridgehead atoms. The van der Waals surface area contributed by atoms with Crippen molar-refractivity contribution in [3.63, 3.8) is 0 Å². The van der Waals surface area contributed by atoms with Crippen molar-refractivity contribution in [2.75, 3.05) is 13.2 Å². The second kappa shape index (κ2) is 63.9. The molecule has 6 nitrogen and oxygen atoms in total. The minimum absolute atomic E-state index is 0.0804. The van der Waals surface area contributed by atoms with Crippen molar-refractivity contribution in [3.05, 3.63) is 48.6 Å². The molecule has 0 rings (SSSR count). The summed E-state index contributed by atoms with van der Waals surface area (Å²) < 4.78 is 16.9. The van der Waals surface area contributed by atoms with Gasteiger partial charge in [0.25, 0.3) is 0 Å². The van der Waals surface area contributed by atoms with Crippen LogP contribution >= 0.6 is 0 Å². The van der Waals surface area contributed by atoms with Crippen LogP contribution in [0.15, 0.2) is 48.6 Å². The minimum atomic E-state index is -0.785. The van der Waals surface area contributed by atoms with E-state index in [4.69, 9.17) is 14.2 Å². The SMILES string of the molecule is CCC/C=C\C/C=C\CCCCCCCC(=O)OCC(COC(=O)CCCCCCCCCCCCCCCCCCCCCCCCCCCCCCCC)OC(=O)CCCCCCC/C=C\C/C=C\CCCC. The van der Waals surface area contributed by atoms with Crippen LogP contribution in [0.4, 0.5) is 0 Å². The second-order valence-electron chi connectivity index (χ2n) is 22.4. The van der Waals surface area contributed by atoms with Gasteiger partial charge in [-0.25, -0.2) is 0 Å². The highest BCUT2D eigenvalue weighted by molar-refractivity contribution is 5.71. The van der Waals surface area contributed by atoms with E-state index in [0.29, 0.717) is 19.3 Å². The summed E-state index contributed by atoms with van der Waals surface area (Å²) in [5.74, 6) is -0.892. The fraction of sp³-hybridized carbons (Fsp3) is 0.841. The lowest BCUT2D eigenvalue weighted by Gasteiger charge is -2.18. The van der Waals surface area contributed by atoms with E-state index in [1.165, 1.54) is 205 Å². The third kappa shape index (κ3) is 62.1. The van der Waals surface area contributed by atoms with Crippen LogP contribution in [0.25, 0.3) is 0 Å². The fourth-order valence-electron chi connectivity index (χ4n) is 9.80. The number of carbonyl (C=O) groups is 3. The predicted octanol–water partition coefficient (Wildman–Crippen LogP) is 22.6. The number of hydrogen-bond acceptors (Lipinski definition) is 6. The molecule has 75 heavy (non-hydrogen) atoms. The van der Waals surface area contributed by atoms with Crippen molar-refractivity contribution >= 4 is 17.9 Å². The van der Waals surface area contributed by atoms with E-state index in [-0.39, 0.29) is 31.1 Å². The van der Waals surface area contributed by atoms with E-state index < -0.39 is 6.10 Å². The average molecular weight is 1050 g/mol. The van der Waals surface area contributed by atoms with Crippen molar-refractivity contribution in [3.8, 4) is 0 Å². The van der Waals surface area contributed by atoms with Gasteiger partial charge in [0, 0.05) is 19.3 Å². The molecule has 0 aliphatic heterocycles. The molecule has 0 aromatic heterocycles. The van der Waals surface area contributed by atoms with Crippen LogP contribution in [0, 0.1) is 0 Å². The standard InChI is InChI=1S/C69H126O6/c1-4-7-10-13-16-19-22-25-27-28-29-30-31-32-33-34-35-36-37-38-39-40-41-42-45-47-50-53-56-59-62-68(71)74-65-66(64-73-67(70)61-58-55-52-49-46-43-24-21-18-15-12-9-6-3)75-69(72)63-60-57-54-51-48-44-26-23-20-17-14-11-8-5-2/h12,14-15,17,21,23-24,26,66H,4-11,13,16,18-20,22,25,27-65H2,1-3H3/b15-12-,17-14-,24-21-,26-23-. The Labute approximate surface area is 467 Å². The van der Waals surface area contributed by atoms with E-state index in [1.807, 2.05) is 0 Å². The van der Waals surface area contributed by atoms with Gasteiger partial charge in [-0.3, -0.25) is 14.4 Å². The molecule has 0 aliphatic carbocycles. The molecule has 0 saturated carbocycles. The Bertz CT molecular complexity index is 1300. The van der Waals surface area contributed by atoms with E-state index in [0.717, 1.165) is 109 Å². The minimum Gasteiger partial charge on any atom is -0.462 e. The van der Waals surface area contributed by atoms with Gasteiger partial charge in [-0.15, -0.1) is 0 Å². The Hall–Kier alpha value is -2.63. The van der Waals surface area contributed by atoms with E-state index in [1.54, 1.807) is 0 Å². The molecule has 0 radical (unpaired) electrons. The first-order chi connectivity index (χ1) is 37.0. The molecule has 1 atom stereocenters. The monoisotopic (exact) mass is 1050 g/mol. The normalized spacial score (nSPS) is 12.3. The van der Waals surface area contributed by atoms with E-state index in [9.17, 15) is 14.4 Å². The van der Waals surface area contributed by atoms with Crippen LogP contribution in [-0.2, 0) is 28.6 Å². The Kier molecular flexibility index (Phi) is 61.7. The summed E-state index contributed by atoms with van der Waals surface area (Å²) >= 11 is 0. The summed E-state index contributed by atoms with van der Waals surface area (Å²) in [6.45, 7) is 6.56. The smallest absolute Gasteiger partial charge is 0.306 e.